The van der Waals surface area contributed by atoms with Crippen LogP contribution >= 0.6 is 11.3 Å². The maximum Gasteiger partial charge on any atom is 0.351 e. The third-order valence-corrected chi connectivity index (χ3v) is 5.07. The van der Waals surface area contributed by atoms with Gasteiger partial charge in [0, 0.05) is 19.2 Å². The van der Waals surface area contributed by atoms with E-state index in [2.05, 4.69) is 5.32 Å². The summed E-state index contributed by atoms with van der Waals surface area (Å²) in [6.07, 6.45) is 0. The predicted octanol–water partition coefficient (Wildman–Crippen LogP) is 3.24. The third-order valence-electron chi connectivity index (χ3n) is 3.93. The van der Waals surface area contributed by atoms with Crippen LogP contribution in [0.25, 0.3) is 10.3 Å². The molecule has 0 spiro atoms. The second kappa shape index (κ2) is 7.61. The minimum absolute atomic E-state index is 0.205. The van der Waals surface area contributed by atoms with Gasteiger partial charge < -0.3 is 24.3 Å². The molecule has 3 rings (SSSR count). The molecule has 0 aliphatic heterocycles. The molecule has 2 heterocycles. The molecule has 0 radical (unpaired) electrons. The molecular formula is C18H16N2O7S. The van der Waals surface area contributed by atoms with Crippen LogP contribution in [-0.2, 0) is 0 Å². The predicted molar refractivity (Wildman–Crippen MR) is 104 cm³/mol. The van der Waals surface area contributed by atoms with E-state index in [4.69, 9.17) is 19.0 Å². The van der Waals surface area contributed by atoms with E-state index in [1.54, 1.807) is 18.2 Å². The van der Waals surface area contributed by atoms with Crippen molar-refractivity contribution in [2.24, 2.45) is 0 Å². The molecule has 0 aliphatic rings. The first-order valence-electron chi connectivity index (χ1n) is 7.91. The number of anilines is 2. The summed E-state index contributed by atoms with van der Waals surface area (Å²) in [5, 5.41) is 12.2. The van der Waals surface area contributed by atoms with Crippen molar-refractivity contribution in [1.82, 2.24) is 0 Å². The number of carboxylic acids is 1. The van der Waals surface area contributed by atoms with Crippen LogP contribution in [-0.4, -0.2) is 38.4 Å². The van der Waals surface area contributed by atoms with Gasteiger partial charge in [-0.1, -0.05) is 0 Å². The van der Waals surface area contributed by atoms with E-state index in [0.29, 0.717) is 26.9 Å². The maximum atomic E-state index is 12.6. The van der Waals surface area contributed by atoms with Gasteiger partial charge in [0.1, 0.15) is 22.1 Å². The smallest absolute Gasteiger partial charge is 0.351 e. The zero-order chi connectivity index (χ0) is 20.4. The molecule has 146 valence electrons. The number of urea groups is 1. The van der Waals surface area contributed by atoms with Gasteiger partial charge in [-0.15, -0.1) is 11.3 Å². The first kappa shape index (κ1) is 19.2. The Morgan fingerprint density at radius 3 is 2.57 bits per heavy atom. The van der Waals surface area contributed by atoms with Crippen LogP contribution in [0.3, 0.4) is 0 Å². The lowest BCUT2D eigenvalue weighted by atomic mass is 10.2. The fraction of sp³-hybridized carbons (Fsp3) is 0.167. The number of hydrogen-bond acceptors (Lipinski definition) is 7. The number of rotatable bonds is 5. The van der Waals surface area contributed by atoms with E-state index < -0.39 is 23.2 Å². The molecule has 0 fully saturated rings. The number of thiophene rings is 1. The summed E-state index contributed by atoms with van der Waals surface area (Å²) >= 11 is 1.12. The molecular weight excluding hydrogens is 388 g/mol. The zero-order valence-electron chi connectivity index (χ0n) is 15.1. The van der Waals surface area contributed by atoms with Crippen molar-refractivity contribution in [2.45, 2.75) is 0 Å². The van der Waals surface area contributed by atoms with Crippen molar-refractivity contribution in [2.75, 3.05) is 31.5 Å². The number of carbonyl (C=O) groups excluding carboxylic acids is 1. The molecule has 0 bridgehead atoms. The molecule has 0 saturated heterocycles. The number of nitrogens with one attached hydrogen (secondary N) is 1. The Morgan fingerprint density at radius 2 is 1.93 bits per heavy atom. The van der Waals surface area contributed by atoms with E-state index in [-0.39, 0.29) is 5.58 Å². The monoisotopic (exact) mass is 404 g/mol. The highest BCUT2D eigenvalue weighted by atomic mass is 32.1. The van der Waals surface area contributed by atoms with Crippen LogP contribution < -0.4 is 25.3 Å². The number of fused-ring (bicyclic) bond motifs is 1. The van der Waals surface area contributed by atoms with Gasteiger partial charge in [0.2, 0.25) is 0 Å². The number of carboxylic acid groups (broad SMARTS) is 1. The number of nitrogens with zero attached hydrogens (tertiary/aromatic N) is 1. The number of carbonyl (C=O) groups is 2. The first-order valence-corrected chi connectivity index (χ1v) is 8.73. The molecule has 3 aromatic rings. The number of benzene rings is 1. The number of amides is 2. The Kier molecular flexibility index (Phi) is 5.23. The summed E-state index contributed by atoms with van der Waals surface area (Å²) in [7, 11) is 4.53. The lowest BCUT2D eigenvalue weighted by Gasteiger charge is -2.17. The van der Waals surface area contributed by atoms with Crippen molar-refractivity contribution in [1.29, 1.82) is 0 Å². The maximum absolute atomic E-state index is 12.6. The molecule has 2 amide bonds. The van der Waals surface area contributed by atoms with Crippen LogP contribution in [0.4, 0.5) is 15.5 Å². The Bertz CT molecular complexity index is 1120. The molecule has 2 N–H and O–H groups in total. The highest BCUT2D eigenvalue weighted by Crippen LogP contribution is 2.33. The van der Waals surface area contributed by atoms with Crippen LogP contribution in [0.2, 0.25) is 0 Å². The molecule has 10 heteroatoms. The lowest BCUT2D eigenvalue weighted by molar-refractivity contribution is 0.0692. The molecule has 1 aromatic carbocycles. The average molecular weight is 404 g/mol. The molecule has 0 aliphatic carbocycles. The summed E-state index contributed by atoms with van der Waals surface area (Å²) in [4.78, 5) is 36.7. The molecule has 28 heavy (non-hydrogen) atoms. The second-order valence-electron chi connectivity index (χ2n) is 5.62. The van der Waals surface area contributed by atoms with Crippen molar-refractivity contribution < 1.29 is 28.6 Å². The quantitative estimate of drug-likeness (QED) is 0.670. The second-order valence-corrected chi connectivity index (χ2v) is 6.68. The van der Waals surface area contributed by atoms with E-state index in [1.807, 2.05) is 0 Å². The van der Waals surface area contributed by atoms with E-state index >= 15 is 0 Å². The van der Waals surface area contributed by atoms with Gasteiger partial charge in [0.25, 0.3) is 0 Å². The molecule has 2 aromatic heterocycles. The summed E-state index contributed by atoms with van der Waals surface area (Å²) < 4.78 is 15.8. The van der Waals surface area contributed by atoms with Crippen molar-refractivity contribution in [3.05, 3.63) is 46.3 Å². The van der Waals surface area contributed by atoms with Crippen molar-refractivity contribution in [3.63, 3.8) is 0 Å². The van der Waals surface area contributed by atoms with Gasteiger partial charge in [0.15, 0.2) is 5.58 Å². The van der Waals surface area contributed by atoms with E-state index in [1.165, 1.54) is 38.3 Å². The minimum atomic E-state index is -1.37. The SMILES string of the molecule is COc1ccc(NC(=O)N(C)c2cc3oc(=O)c(C(=O)O)cc3s2)c(OC)c1. The highest BCUT2D eigenvalue weighted by molar-refractivity contribution is 7.22. The van der Waals surface area contributed by atoms with Gasteiger partial charge in [-0.05, 0) is 18.2 Å². The number of aromatic carboxylic acids is 1. The number of hydrogen-bond donors (Lipinski definition) is 2. The molecule has 9 nitrogen and oxygen atoms in total. The van der Waals surface area contributed by atoms with Gasteiger partial charge in [-0.3, -0.25) is 4.90 Å². The summed E-state index contributed by atoms with van der Waals surface area (Å²) in [6, 6.07) is 7.23. The highest BCUT2D eigenvalue weighted by Gasteiger charge is 2.19. The van der Waals surface area contributed by atoms with E-state index in [9.17, 15) is 14.4 Å². The van der Waals surface area contributed by atoms with E-state index in [0.717, 1.165) is 11.3 Å². The topological polar surface area (TPSA) is 118 Å². The Morgan fingerprint density at radius 1 is 1.18 bits per heavy atom. The van der Waals surface area contributed by atoms with Gasteiger partial charge in [-0.25, -0.2) is 14.4 Å². The van der Waals surface area contributed by atoms with Crippen molar-refractivity contribution >= 4 is 44.3 Å². The van der Waals surface area contributed by atoms with Crippen LogP contribution in [0.15, 0.2) is 39.5 Å². The van der Waals surface area contributed by atoms with Gasteiger partial charge in [-0.2, -0.15) is 0 Å². The normalized spacial score (nSPS) is 10.5. The Balaban J connectivity index is 1.87. The molecule has 0 saturated carbocycles. The number of ether oxygens (including phenoxy) is 2. The largest absolute Gasteiger partial charge is 0.497 e. The standard InChI is InChI=1S/C18H16N2O7S/c1-20(18(24)19-11-5-4-9(25-2)6-12(11)26-3)15-8-13-14(28-15)7-10(16(21)22)17(23)27-13/h4-8H,1-3H3,(H,19,24)(H,21,22). The van der Waals surface area contributed by atoms with Gasteiger partial charge in [0.05, 0.1) is 24.6 Å². The summed E-state index contributed by atoms with van der Waals surface area (Å²) in [5.41, 5.74) is -0.756. The van der Waals surface area contributed by atoms with Crippen LogP contribution in [0.1, 0.15) is 10.4 Å². The lowest BCUT2D eigenvalue weighted by Crippen LogP contribution is -2.30. The Labute approximate surface area is 162 Å². The molecule has 0 atom stereocenters. The van der Waals surface area contributed by atoms with Crippen LogP contribution in [0, 0.1) is 0 Å². The molecule has 0 unspecified atom stereocenters. The fourth-order valence-electron chi connectivity index (χ4n) is 2.42. The van der Waals surface area contributed by atoms with Gasteiger partial charge >= 0.3 is 17.6 Å². The number of methoxy groups -OCH3 is 2. The first-order chi connectivity index (χ1) is 13.3. The summed E-state index contributed by atoms with van der Waals surface area (Å²) in [5.74, 6) is -0.366. The average Bonchev–Trinajstić information content (AvgIpc) is 3.09. The Hall–Kier alpha value is -3.53. The van der Waals surface area contributed by atoms with Crippen molar-refractivity contribution in [3.8, 4) is 11.5 Å². The third kappa shape index (κ3) is 3.62. The van der Waals surface area contributed by atoms with Crippen LogP contribution in [0.5, 0.6) is 11.5 Å². The fourth-order valence-corrected chi connectivity index (χ4v) is 3.41. The minimum Gasteiger partial charge on any atom is -0.497 e. The zero-order valence-corrected chi connectivity index (χ0v) is 16.0. The summed E-state index contributed by atoms with van der Waals surface area (Å²) in [6.45, 7) is 0.